The van der Waals surface area contributed by atoms with Crippen LogP contribution in [0, 0.1) is 0 Å². The van der Waals surface area contributed by atoms with Crippen LogP contribution in [0.1, 0.15) is 18.9 Å². The molecule has 0 aliphatic heterocycles. The van der Waals surface area contributed by atoms with E-state index in [1.165, 1.54) is 0 Å². The molecule has 1 aromatic carbocycles. The monoisotopic (exact) mass is 222 g/mol. The van der Waals surface area contributed by atoms with Crippen LogP contribution in [0.5, 0.6) is 0 Å². The first-order chi connectivity index (χ1) is 7.59. The highest BCUT2D eigenvalue weighted by Crippen LogP contribution is 2.03. The molecule has 16 heavy (non-hydrogen) atoms. The Balaban J connectivity index is 2.35. The average Bonchev–Trinajstić information content (AvgIpc) is 2.26. The molecule has 1 aromatic rings. The summed E-state index contributed by atoms with van der Waals surface area (Å²) in [5.74, 6) is -0.402. The Bertz CT molecular complexity index is 325. The van der Waals surface area contributed by atoms with Gasteiger partial charge in [0.15, 0.2) is 0 Å². The fourth-order valence-electron chi connectivity index (χ4n) is 1.33. The second-order valence-corrected chi connectivity index (χ2v) is 3.91. The minimum atomic E-state index is -0.635. The van der Waals surface area contributed by atoms with Gasteiger partial charge >= 0.3 is 5.97 Å². The fourth-order valence-corrected chi connectivity index (χ4v) is 1.33. The van der Waals surface area contributed by atoms with Crippen molar-refractivity contribution >= 4 is 5.97 Å². The molecular weight excluding hydrogens is 204 g/mol. The normalized spacial score (nSPS) is 14.2. The number of carbonyl (C=O) groups excluding carboxylic acids is 1. The van der Waals surface area contributed by atoms with Gasteiger partial charge in [0.2, 0.25) is 0 Å². The van der Waals surface area contributed by atoms with Crippen LogP contribution >= 0.6 is 0 Å². The number of hydrogen-bond acceptors (Lipinski definition) is 4. The molecule has 88 valence electrons. The minimum absolute atomic E-state index is 0.0979. The highest BCUT2D eigenvalue weighted by atomic mass is 16.5. The van der Waals surface area contributed by atoms with Crippen LogP contribution in [-0.2, 0) is 16.1 Å². The second-order valence-electron chi connectivity index (χ2n) is 3.91. The van der Waals surface area contributed by atoms with Gasteiger partial charge in [0.05, 0.1) is 0 Å². The van der Waals surface area contributed by atoms with Gasteiger partial charge in [-0.3, -0.25) is 4.79 Å². The van der Waals surface area contributed by atoms with Gasteiger partial charge in [-0.15, -0.1) is 0 Å². The molecule has 0 aromatic heterocycles. The third kappa shape index (κ3) is 4.42. The van der Waals surface area contributed by atoms with E-state index >= 15 is 0 Å². The summed E-state index contributed by atoms with van der Waals surface area (Å²) in [4.78, 5) is 11.4. The third-order valence-corrected chi connectivity index (χ3v) is 2.15. The number of benzene rings is 1. The Hall–Kier alpha value is -1.39. The van der Waals surface area contributed by atoms with E-state index in [0.717, 1.165) is 5.56 Å². The van der Waals surface area contributed by atoms with E-state index in [9.17, 15) is 4.79 Å². The smallest absolute Gasteiger partial charge is 0.323 e. The van der Waals surface area contributed by atoms with Crippen molar-refractivity contribution in [3.8, 4) is 0 Å². The summed E-state index contributed by atoms with van der Waals surface area (Å²) >= 11 is 0. The summed E-state index contributed by atoms with van der Waals surface area (Å²) in [6.45, 7) is 2.07. The lowest BCUT2D eigenvalue weighted by molar-refractivity contribution is -0.146. The molecule has 0 fully saturated rings. The SMILES string of the molecule is C[C@H](N)C[C@@H](N)C(=O)OCc1ccccc1. The number of nitrogens with two attached hydrogens (primary N) is 2. The van der Waals surface area contributed by atoms with Gasteiger partial charge in [0, 0.05) is 6.04 Å². The number of carbonyl (C=O) groups is 1. The lowest BCUT2D eigenvalue weighted by Crippen LogP contribution is -2.37. The van der Waals surface area contributed by atoms with E-state index in [2.05, 4.69) is 0 Å². The van der Waals surface area contributed by atoms with Crippen molar-refractivity contribution in [3.05, 3.63) is 35.9 Å². The Labute approximate surface area is 95.6 Å². The van der Waals surface area contributed by atoms with Gasteiger partial charge in [-0.1, -0.05) is 30.3 Å². The van der Waals surface area contributed by atoms with E-state index in [1.807, 2.05) is 37.3 Å². The van der Waals surface area contributed by atoms with Crippen molar-refractivity contribution in [1.82, 2.24) is 0 Å². The maximum Gasteiger partial charge on any atom is 0.323 e. The fraction of sp³-hybridized carbons (Fsp3) is 0.417. The molecule has 0 amide bonds. The zero-order valence-corrected chi connectivity index (χ0v) is 9.43. The second kappa shape index (κ2) is 6.25. The van der Waals surface area contributed by atoms with Crippen molar-refractivity contribution in [3.63, 3.8) is 0 Å². The Morgan fingerprint density at radius 3 is 2.50 bits per heavy atom. The van der Waals surface area contributed by atoms with Crippen LogP contribution in [-0.4, -0.2) is 18.1 Å². The van der Waals surface area contributed by atoms with E-state index in [0.29, 0.717) is 6.42 Å². The van der Waals surface area contributed by atoms with Crippen LogP contribution in [0.25, 0.3) is 0 Å². The first-order valence-electron chi connectivity index (χ1n) is 5.31. The summed E-state index contributed by atoms with van der Waals surface area (Å²) < 4.78 is 5.07. The van der Waals surface area contributed by atoms with Gasteiger partial charge in [-0.25, -0.2) is 0 Å². The highest BCUT2D eigenvalue weighted by molar-refractivity contribution is 5.75. The molecule has 4 heteroatoms. The van der Waals surface area contributed by atoms with Crippen LogP contribution in [0.15, 0.2) is 30.3 Å². The summed E-state index contributed by atoms with van der Waals surface area (Å²) in [5, 5.41) is 0. The van der Waals surface area contributed by atoms with Gasteiger partial charge in [-0.05, 0) is 18.9 Å². The molecular formula is C12H18N2O2. The predicted molar refractivity (Wildman–Crippen MR) is 62.5 cm³/mol. The topological polar surface area (TPSA) is 78.3 Å². The number of hydrogen-bond donors (Lipinski definition) is 2. The van der Waals surface area contributed by atoms with Crippen molar-refractivity contribution in [2.24, 2.45) is 11.5 Å². The van der Waals surface area contributed by atoms with E-state index < -0.39 is 12.0 Å². The van der Waals surface area contributed by atoms with Crippen molar-refractivity contribution in [2.45, 2.75) is 32.0 Å². The summed E-state index contributed by atoms with van der Waals surface area (Å²) in [7, 11) is 0. The third-order valence-electron chi connectivity index (χ3n) is 2.15. The molecule has 1 rings (SSSR count). The van der Waals surface area contributed by atoms with Gasteiger partial charge in [-0.2, -0.15) is 0 Å². The molecule has 0 bridgehead atoms. The first-order valence-corrected chi connectivity index (χ1v) is 5.31. The summed E-state index contributed by atoms with van der Waals surface area (Å²) in [5.41, 5.74) is 12.1. The molecule has 2 atom stereocenters. The average molecular weight is 222 g/mol. The molecule has 0 saturated heterocycles. The lowest BCUT2D eigenvalue weighted by Gasteiger charge is -2.13. The van der Waals surface area contributed by atoms with Crippen LogP contribution in [0.4, 0.5) is 0 Å². The molecule has 4 N–H and O–H groups in total. The van der Waals surface area contributed by atoms with E-state index in [4.69, 9.17) is 16.2 Å². The lowest BCUT2D eigenvalue weighted by atomic mass is 10.1. The summed E-state index contributed by atoms with van der Waals surface area (Å²) in [6, 6.07) is 8.75. The van der Waals surface area contributed by atoms with Crippen molar-refractivity contribution < 1.29 is 9.53 Å². The Morgan fingerprint density at radius 1 is 1.31 bits per heavy atom. The highest BCUT2D eigenvalue weighted by Gasteiger charge is 2.16. The van der Waals surface area contributed by atoms with Gasteiger partial charge < -0.3 is 16.2 Å². The van der Waals surface area contributed by atoms with Gasteiger partial charge in [0.25, 0.3) is 0 Å². The predicted octanol–water partition coefficient (Wildman–Crippen LogP) is 0.794. The number of esters is 1. The molecule has 0 unspecified atom stereocenters. The van der Waals surface area contributed by atoms with Crippen molar-refractivity contribution in [2.75, 3.05) is 0 Å². The van der Waals surface area contributed by atoms with E-state index in [1.54, 1.807) is 0 Å². The molecule has 0 radical (unpaired) electrons. The van der Waals surface area contributed by atoms with Crippen molar-refractivity contribution in [1.29, 1.82) is 0 Å². The maximum absolute atomic E-state index is 11.4. The van der Waals surface area contributed by atoms with Crippen LogP contribution in [0.2, 0.25) is 0 Å². The Kier molecular flexibility index (Phi) is 4.95. The quantitative estimate of drug-likeness (QED) is 0.722. The number of ether oxygens (including phenoxy) is 1. The summed E-state index contributed by atoms with van der Waals surface area (Å²) in [6.07, 6.45) is 0.438. The first kappa shape index (κ1) is 12.7. The van der Waals surface area contributed by atoms with E-state index in [-0.39, 0.29) is 12.6 Å². The number of rotatable bonds is 5. The standard InChI is InChI=1S/C12H18N2O2/c1-9(13)7-11(14)12(15)16-8-10-5-3-2-4-6-10/h2-6,9,11H,7-8,13-14H2,1H3/t9-,11+/m0/s1. The molecule has 0 heterocycles. The zero-order valence-electron chi connectivity index (χ0n) is 9.43. The molecule has 0 spiro atoms. The van der Waals surface area contributed by atoms with Gasteiger partial charge in [0.1, 0.15) is 12.6 Å². The van der Waals surface area contributed by atoms with Crippen LogP contribution in [0.3, 0.4) is 0 Å². The molecule has 0 saturated carbocycles. The largest absolute Gasteiger partial charge is 0.460 e. The Morgan fingerprint density at radius 2 is 1.94 bits per heavy atom. The zero-order chi connectivity index (χ0) is 12.0. The molecule has 0 aliphatic carbocycles. The minimum Gasteiger partial charge on any atom is -0.460 e. The van der Waals surface area contributed by atoms with Crippen LogP contribution < -0.4 is 11.5 Å². The molecule has 0 aliphatic rings. The maximum atomic E-state index is 11.4. The molecule has 4 nitrogen and oxygen atoms in total.